The van der Waals surface area contributed by atoms with Crippen LogP contribution in [0.15, 0.2) is 78.9 Å². The molecule has 0 aliphatic heterocycles. The predicted octanol–water partition coefficient (Wildman–Crippen LogP) is 4.25. The van der Waals surface area contributed by atoms with Crippen LogP contribution in [0.2, 0.25) is 0 Å². The zero-order valence-corrected chi connectivity index (χ0v) is 13.7. The highest BCUT2D eigenvalue weighted by molar-refractivity contribution is 5.75. The molecule has 0 fully saturated rings. The molecule has 0 unspecified atom stereocenters. The minimum absolute atomic E-state index is 0.0714. The number of non-ortho nitro benzene ring substituents is 1. The fraction of sp³-hybridized carbons (Fsp3) is 0.0500. The molecule has 0 N–H and O–H groups in total. The van der Waals surface area contributed by atoms with E-state index in [4.69, 9.17) is 9.47 Å². The van der Waals surface area contributed by atoms with Gasteiger partial charge < -0.3 is 9.47 Å². The van der Waals surface area contributed by atoms with Crippen molar-refractivity contribution in [2.24, 2.45) is 0 Å². The summed E-state index contributed by atoms with van der Waals surface area (Å²) >= 11 is 0. The molecule has 3 aromatic rings. The third kappa shape index (κ3) is 4.24. The van der Waals surface area contributed by atoms with Crippen molar-refractivity contribution in [2.45, 2.75) is 0 Å². The monoisotopic (exact) mass is 349 g/mol. The van der Waals surface area contributed by atoms with Gasteiger partial charge in [-0.25, -0.2) is 4.79 Å². The molecule has 0 aliphatic carbocycles. The Morgan fingerprint density at radius 2 is 1.54 bits per heavy atom. The van der Waals surface area contributed by atoms with Gasteiger partial charge in [0.1, 0.15) is 11.5 Å². The molecule has 0 radical (unpaired) electrons. The molecule has 130 valence electrons. The highest BCUT2D eigenvalue weighted by atomic mass is 16.6. The molecular weight excluding hydrogens is 334 g/mol. The first kappa shape index (κ1) is 17.2. The largest absolute Gasteiger partial charge is 0.481 e. The third-order valence-electron chi connectivity index (χ3n) is 3.60. The van der Waals surface area contributed by atoms with Gasteiger partial charge in [-0.05, 0) is 23.8 Å². The van der Waals surface area contributed by atoms with E-state index in [1.54, 1.807) is 6.07 Å². The molecule has 26 heavy (non-hydrogen) atoms. The molecule has 0 saturated carbocycles. The predicted molar refractivity (Wildman–Crippen MR) is 96.1 cm³/mol. The summed E-state index contributed by atoms with van der Waals surface area (Å²) in [6, 6.07) is 22.4. The van der Waals surface area contributed by atoms with E-state index >= 15 is 0 Å². The Kier molecular flexibility index (Phi) is 5.24. The van der Waals surface area contributed by atoms with Crippen LogP contribution in [0, 0.1) is 10.1 Å². The highest BCUT2D eigenvalue weighted by Crippen LogP contribution is 2.29. The normalized spacial score (nSPS) is 10.2. The molecule has 0 bridgehead atoms. The summed E-state index contributed by atoms with van der Waals surface area (Å²) in [5, 5.41) is 10.6. The SMILES string of the molecule is O=C(COc1ccccc1-c1ccccc1)Oc1ccc([N+](=O)[O-])cc1. The molecule has 6 nitrogen and oxygen atoms in total. The van der Waals surface area contributed by atoms with Gasteiger partial charge in [0.05, 0.1) is 4.92 Å². The number of esters is 1. The zero-order chi connectivity index (χ0) is 18.4. The lowest BCUT2D eigenvalue weighted by molar-refractivity contribution is -0.384. The van der Waals surface area contributed by atoms with Crippen molar-refractivity contribution in [3.05, 3.63) is 89.0 Å². The Balaban J connectivity index is 1.64. The van der Waals surface area contributed by atoms with Gasteiger partial charge in [0, 0.05) is 17.7 Å². The van der Waals surface area contributed by atoms with Gasteiger partial charge in [-0.1, -0.05) is 48.5 Å². The maximum absolute atomic E-state index is 12.0. The van der Waals surface area contributed by atoms with Crippen LogP contribution in [0.3, 0.4) is 0 Å². The van der Waals surface area contributed by atoms with E-state index in [-0.39, 0.29) is 18.0 Å². The first-order valence-corrected chi connectivity index (χ1v) is 7.86. The third-order valence-corrected chi connectivity index (χ3v) is 3.60. The molecular formula is C20H15NO5. The number of hydrogen-bond acceptors (Lipinski definition) is 5. The second-order valence-corrected chi connectivity index (χ2v) is 5.38. The second-order valence-electron chi connectivity index (χ2n) is 5.38. The average molecular weight is 349 g/mol. The number of hydrogen-bond donors (Lipinski definition) is 0. The molecule has 0 aromatic heterocycles. The van der Waals surface area contributed by atoms with Crippen LogP contribution < -0.4 is 9.47 Å². The molecule has 0 amide bonds. The van der Waals surface area contributed by atoms with Crippen LogP contribution in [-0.4, -0.2) is 17.5 Å². The van der Waals surface area contributed by atoms with E-state index in [0.29, 0.717) is 5.75 Å². The molecule has 0 atom stereocenters. The summed E-state index contributed by atoms with van der Waals surface area (Å²) in [6.07, 6.45) is 0. The minimum atomic E-state index is -0.596. The molecule has 3 rings (SSSR count). The molecule has 0 aliphatic rings. The lowest BCUT2D eigenvalue weighted by Crippen LogP contribution is -2.17. The standard InChI is InChI=1S/C20H15NO5/c22-20(26-17-12-10-16(11-13-17)21(23)24)14-25-19-9-5-4-8-18(19)15-6-2-1-3-7-15/h1-13H,14H2. The van der Waals surface area contributed by atoms with E-state index < -0.39 is 10.9 Å². The van der Waals surface area contributed by atoms with Crippen LogP contribution in [-0.2, 0) is 4.79 Å². The van der Waals surface area contributed by atoms with Crippen molar-refractivity contribution < 1.29 is 19.2 Å². The summed E-state index contributed by atoms with van der Waals surface area (Å²) in [4.78, 5) is 22.1. The van der Waals surface area contributed by atoms with E-state index in [1.807, 2.05) is 48.5 Å². The fourth-order valence-electron chi connectivity index (χ4n) is 2.38. The summed E-state index contributed by atoms with van der Waals surface area (Å²) in [6.45, 7) is -0.277. The summed E-state index contributed by atoms with van der Waals surface area (Å²) in [5.74, 6) is 0.196. The Hall–Kier alpha value is -3.67. The first-order valence-electron chi connectivity index (χ1n) is 7.86. The number of nitro groups is 1. The fourth-order valence-corrected chi connectivity index (χ4v) is 2.38. The van der Waals surface area contributed by atoms with Crippen molar-refractivity contribution in [3.8, 4) is 22.6 Å². The topological polar surface area (TPSA) is 78.7 Å². The Morgan fingerprint density at radius 1 is 0.885 bits per heavy atom. The Morgan fingerprint density at radius 3 is 2.23 bits per heavy atom. The Bertz CT molecular complexity index is 907. The van der Waals surface area contributed by atoms with Crippen LogP contribution in [0.5, 0.6) is 11.5 Å². The van der Waals surface area contributed by atoms with E-state index in [0.717, 1.165) is 11.1 Å². The van der Waals surface area contributed by atoms with E-state index in [1.165, 1.54) is 24.3 Å². The zero-order valence-electron chi connectivity index (χ0n) is 13.7. The van der Waals surface area contributed by atoms with Crippen LogP contribution in [0.25, 0.3) is 11.1 Å². The van der Waals surface area contributed by atoms with Gasteiger partial charge in [-0.3, -0.25) is 10.1 Å². The molecule has 3 aromatic carbocycles. The quantitative estimate of drug-likeness (QED) is 0.288. The minimum Gasteiger partial charge on any atom is -0.481 e. The van der Waals surface area contributed by atoms with E-state index in [2.05, 4.69) is 0 Å². The van der Waals surface area contributed by atoms with Crippen molar-refractivity contribution in [1.82, 2.24) is 0 Å². The van der Waals surface area contributed by atoms with Gasteiger partial charge in [0.25, 0.3) is 5.69 Å². The van der Waals surface area contributed by atoms with Crippen LogP contribution >= 0.6 is 0 Å². The number of ether oxygens (including phenoxy) is 2. The summed E-state index contributed by atoms with van der Waals surface area (Å²) in [7, 11) is 0. The van der Waals surface area contributed by atoms with Crippen molar-refractivity contribution in [2.75, 3.05) is 6.61 Å². The smallest absolute Gasteiger partial charge is 0.349 e. The number of carbonyl (C=O) groups is 1. The molecule has 0 heterocycles. The number of para-hydroxylation sites is 1. The maximum Gasteiger partial charge on any atom is 0.349 e. The lowest BCUT2D eigenvalue weighted by Gasteiger charge is -2.11. The van der Waals surface area contributed by atoms with Gasteiger partial charge in [-0.2, -0.15) is 0 Å². The number of nitrogens with zero attached hydrogens (tertiary/aromatic N) is 1. The first-order chi connectivity index (χ1) is 12.6. The van der Waals surface area contributed by atoms with Crippen LogP contribution in [0.1, 0.15) is 0 Å². The van der Waals surface area contributed by atoms with Gasteiger partial charge in [-0.15, -0.1) is 0 Å². The van der Waals surface area contributed by atoms with Gasteiger partial charge in [0.2, 0.25) is 0 Å². The van der Waals surface area contributed by atoms with Crippen molar-refractivity contribution in [3.63, 3.8) is 0 Å². The number of nitro benzene ring substituents is 1. The van der Waals surface area contributed by atoms with Crippen molar-refractivity contribution in [1.29, 1.82) is 0 Å². The Labute approximate surface area is 149 Å². The second kappa shape index (κ2) is 7.94. The number of benzene rings is 3. The number of rotatable bonds is 6. The summed E-state index contributed by atoms with van der Waals surface area (Å²) in [5.41, 5.74) is 1.78. The van der Waals surface area contributed by atoms with Gasteiger partial charge >= 0.3 is 5.97 Å². The molecule has 0 saturated heterocycles. The maximum atomic E-state index is 12.0. The summed E-state index contributed by atoms with van der Waals surface area (Å²) < 4.78 is 10.7. The van der Waals surface area contributed by atoms with Crippen molar-refractivity contribution >= 4 is 11.7 Å². The lowest BCUT2D eigenvalue weighted by atomic mass is 10.1. The molecule has 6 heteroatoms. The van der Waals surface area contributed by atoms with E-state index in [9.17, 15) is 14.9 Å². The average Bonchev–Trinajstić information content (AvgIpc) is 2.68. The van der Waals surface area contributed by atoms with Crippen LogP contribution in [0.4, 0.5) is 5.69 Å². The molecule has 0 spiro atoms. The van der Waals surface area contributed by atoms with Gasteiger partial charge in [0.15, 0.2) is 6.61 Å². The highest BCUT2D eigenvalue weighted by Gasteiger charge is 2.11. The number of carbonyl (C=O) groups excluding carboxylic acids is 1.